The maximum atomic E-state index is 5.26. The summed E-state index contributed by atoms with van der Waals surface area (Å²) in [5, 5.41) is 9.53. The second-order valence-corrected chi connectivity index (χ2v) is 5.85. The smallest absolute Gasteiger partial charge is 0.191 e. The number of thioether (sulfide) groups is 1. The Morgan fingerprint density at radius 2 is 2.04 bits per heavy atom. The molecule has 0 unspecified atom stereocenters. The summed E-state index contributed by atoms with van der Waals surface area (Å²) in [5.74, 6) is 2.49. The summed E-state index contributed by atoms with van der Waals surface area (Å²) in [6.07, 6.45) is 1.77. The van der Waals surface area contributed by atoms with Crippen LogP contribution >= 0.6 is 11.8 Å². The molecule has 0 aliphatic carbocycles. The van der Waals surface area contributed by atoms with Crippen LogP contribution in [0.4, 0.5) is 0 Å². The molecule has 0 amide bonds. The summed E-state index contributed by atoms with van der Waals surface area (Å²) in [7, 11) is 1.68. The van der Waals surface area contributed by atoms with E-state index in [0.717, 1.165) is 34.7 Å². The van der Waals surface area contributed by atoms with E-state index in [2.05, 4.69) is 32.7 Å². The summed E-state index contributed by atoms with van der Waals surface area (Å²) in [5.41, 5.74) is 2.04. The van der Waals surface area contributed by atoms with Crippen LogP contribution in [0.3, 0.4) is 0 Å². The second-order valence-electron chi connectivity index (χ2n) is 4.91. The summed E-state index contributed by atoms with van der Waals surface area (Å²) in [6, 6.07) is 13.9. The predicted molar refractivity (Wildman–Crippen MR) is 91.5 cm³/mol. The van der Waals surface area contributed by atoms with Crippen LogP contribution in [-0.4, -0.2) is 26.9 Å². The number of rotatable bonds is 6. The van der Waals surface area contributed by atoms with Crippen molar-refractivity contribution in [1.29, 1.82) is 0 Å². The average molecular weight is 326 g/mol. The Kier molecular flexibility index (Phi) is 4.92. The third-order valence-electron chi connectivity index (χ3n) is 3.43. The Morgan fingerprint density at radius 1 is 1.13 bits per heavy atom. The van der Waals surface area contributed by atoms with Gasteiger partial charge in [0.2, 0.25) is 0 Å². The molecule has 0 saturated carbocycles. The molecule has 2 heterocycles. The summed E-state index contributed by atoms with van der Waals surface area (Å²) in [4.78, 5) is 4.36. The SMILES string of the molecule is CCn1c(SCc2cccc(OC)c2)nnc1-c1ccccn1. The molecule has 0 saturated heterocycles. The van der Waals surface area contributed by atoms with E-state index >= 15 is 0 Å². The van der Waals surface area contributed by atoms with Crippen LogP contribution < -0.4 is 4.74 Å². The maximum Gasteiger partial charge on any atom is 0.191 e. The number of ether oxygens (including phenoxy) is 1. The molecule has 2 aromatic heterocycles. The molecular weight excluding hydrogens is 308 g/mol. The molecule has 0 atom stereocenters. The zero-order valence-electron chi connectivity index (χ0n) is 13.1. The third-order valence-corrected chi connectivity index (χ3v) is 4.47. The zero-order chi connectivity index (χ0) is 16.1. The van der Waals surface area contributed by atoms with E-state index in [1.54, 1.807) is 25.1 Å². The maximum absolute atomic E-state index is 5.26. The van der Waals surface area contributed by atoms with Gasteiger partial charge in [-0.1, -0.05) is 30.0 Å². The Bertz CT molecular complexity index is 773. The summed E-state index contributed by atoms with van der Waals surface area (Å²) >= 11 is 1.67. The molecule has 3 rings (SSSR count). The fraction of sp³-hybridized carbons (Fsp3) is 0.235. The molecular formula is C17H18N4OS. The molecule has 0 bridgehead atoms. The van der Waals surface area contributed by atoms with Crippen molar-refractivity contribution in [3.8, 4) is 17.3 Å². The molecule has 1 aromatic carbocycles. The lowest BCUT2D eigenvalue weighted by Crippen LogP contribution is -2.00. The molecule has 118 valence electrons. The van der Waals surface area contributed by atoms with Gasteiger partial charge in [-0.05, 0) is 36.8 Å². The van der Waals surface area contributed by atoms with E-state index < -0.39 is 0 Å². The minimum atomic E-state index is 0.805. The minimum absolute atomic E-state index is 0.805. The van der Waals surface area contributed by atoms with Crippen molar-refractivity contribution < 1.29 is 4.74 Å². The monoisotopic (exact) mass is 326 g/mol. The van der Waals surface area contributed by atoms with Gasteiger partial charge in [-0.3, -0.25) is 4.98 Å². The first-order valence-electron chi connectivity index (χ1n) is 7.42. The van der Waals surface area contributed by atoms with Crippen molar-refractivity contribution >= 4 is 11.8 Å². The van der Waals surface area contributed by atoms with Gasteiger partial charge in [0.15, 0.2) is 11.0 Å². The highest BCUT2D eigenvalue weighted by Gasteiger charge is 2.13. The van der Waals surface area contributed by atoms with Crippen molar-refractivity contribution in [2.45, 2.75) is 24.4 Å². The molecule has 3 aromatic rings. The van der Waals surface area contributed by atoms with Crippen LogP contribution in [0.25, 0.3) is 11.5 Å². The van der Waals surface area contributed by atoms with Crippen LogP contribution in [0.15, 0.2) is 53.8 Å². The van der Waals surface area contributed by atoms with Gasteiger partial charge >= 0.3 is 0 Å². The van der Waals surface area contributed by atoms with Crippen LogP contribution in [0.5, 0.6) is 5.75 Å². The fourth-order valence-electron chi connectivity index (χ4n) is 2.28. The number of hydrogen-bond donors (Lipinski definition) is 0. The van der Waals surface area contributed by atoms with Crippen molar-refractivity contribution in [3.63, 3.8) is 0 Å². The molecule has 23 heavy (non-hydrogen) atoms. The molecule has 0 radical (unpaired) electrons. The standard InChI is InChI=1S/C17H18N4OS/c1-3-21-16(15-9-4-5-10-18-15)19-20-17(21)23-12-13-7-6-8-14(11-13)22-2/h4-11H,3,12H2,1-2H3. The van der Waals surface area contributed by atoms with E-state index in [9.17, 15) is 0 Å². The van der Waals surface area contributed by atoms with Crippen molar-refractivity contribution in [1.82, 2.24) is 19.7 Å². The lowest BCUT2D eigenvalue weighted by molar-refractivity contribution is 0.414. The summed E-state index contributed by atoms with van der Waals surface area (Å²) < 4.78 is 7.35. The number of methoxy groups -OCH3 is 1. The zero-order valence-corrected chi connectivity index (χ0v) is 14.0. The van der Waals surface area contributed by atoms with Crippen molar-refractivity contribution in [2.75, 3.05) is 7.11 Å². The molecule has 0 N–H and O–H groups in total. The molecule has 0 fully saturated rings. The topological polar surface area (TPSA) is 52.8 Å². The molecule has 5 nitrogen and oxygen atoms in total. The van der Waals surface area contributed by atoms with Crippen LogP contribution in [0, 0.1) is 0 Å². The largest absolute Gasteiger partial charge is 0.497 e. The number of benzene rings is 1. The van der Waals surface area contributed by atoms with Crippen molar-refractivity contribution in [2.24, 2.45) is 0 Å². The molecule has 6 heteroatoms. The van der Waals surface area contributed by atoms with Gasteiger partial charge in [0.25, 0.3) is 0 Å². The normalized spacial score (nSPS) is 10.7. The van der Waals surface area contributed by atoms with Gasteiger partial charge in [-0.2, -0.15) is 0 Å². The molecule has 0 aliphatic rings. The molecule has 0 aliphatic heterocycles. The van der Waals surface area contributed by atoms with E-state index in [4.69, 9.17) is 4.74 Å². The summed E-state index contributed by atoms with van der Waals surface area (Å²) in [6.45, 7) is 2.89. The van der Waals surface area contributed by atoms with E-state index in [0.29, 0.717) is 0 Å². The number of hydrogen-bond acceptors (Lipinski definition) is 5. The van der Waals surface area contributed by atoms with Crippen LogP contribution in [0.2, 0.25) is 0 Å². The van der Waals surface area contributed by atoms with Crippen molar-refractivity contribution in [3.05, 3.63) is 54.2 Å². The highest BCUT2D eigenvalue weighted by molar-refractivity contribution is 7.98. The van der Waals surface area contributed by atoms with Gasteiger partial charge in [-0.25, -0.2) is 0 Å². The Labute approximate surface area is 139 Å². The highest BCUT2D eigenvalue weighted by Crippen LogP contribution is 2.26. The fourth-order valence-corrected chi connectivity index (χ4v) is 3.22. The first-order chi connectivity index (χ1) is 11.3. The van der Waals surface area contributed by atoms with Gasteiger partial charge in [0.05, 0.1) is 7.11 Å². The van der Waals surface area contributed by atoms with Crippen LogP contribution in [0.1, 0.15) is 12.5 Å². The minimum Gasteiger partial charge on any atom is -0.497 e. The lowest BCUT2D eigenvalue weighted by atomic mass is 10.2. The lowest BCUT2D eigenvalue weighted by Gasteiger charge is -2.07. The first kappa shape index (κ1) is 15.6. The second kappa shape index (κ2) is 7.28. The highest BCUT2D eigenvalue weighted by atomic mass is 32.2. The number of nitrogens with zero attached hydrogens (tertiary/aromatic N) is 4. The number of pyridine rings is 1. The quantitative estimate of drug-likeness (QED) is 0.647. The van der Waals surface area contributed by atoms with E-state index in [1.807, 2.05) is 36.4 Å². The van der Waals surface area contributed by atoms with Crippen LogP contribution in [-0.2, 0) is 12.3 Å². The number of aromatic nitrogens is 4. The Morgan fingerprint density at radius 3 is 2.78 bits per heavy atom. The Balaban J connectivity index is 1.79. The third kappa shape index (κ3) is 3.53. The molecule has 0 spiro atoms. The van der Waals surface area contributed by atoms with Gasteiger partial charge in [0.1, 0.15) is 11.4 Å². The van der Waals surface area contributed by atoms with Gasteiger partial charge in [-0.15, -0.1) is 10.2 Å². The average Bonchev–Trinajstić information content (AvgIpc) is 3.04. The predicted octanol–water partition coefficient (Wildman–Crippen LogP) is 3.66. The van der Waals surface area contributed by atoms with Gasteiger partial charge in [0, 0.05) is 18.5 Å². The van der Waals surface area contributed by atoms with E-state index in [1.165, 1.54) is 5.56 Å². The Hall–Kier alpha value is -2.34. The first-order valence-corrected chi connectivity index (χ1v) is 8.40. The van der Waals surface area contributed by atoms with E-state index in [-0.39, 0.29) is 0 Å². The van der Waals surface area contributed by atoms with Gasteiger partial charge < -0.3 is 9.30 Å².